The van der Waals surface area contributed by atoms with Crippen molar-refractivity contribution in [1.82, 2.24) is 0 Å². The van der Waals surface area contributed by atoms with Crippen LogP contribution in [-0.4, -0.2) is 5.36 Å². The van der Waals surface area contributed by atoms with Gasteiger partial charge in [0.25, 0.3) is 0 Å². The van der Waals surface area contributed by atoms with E-state index in [0.717, 1.165) is 0 Å². The van der Waals surface area contributed by atoms with E-state index in [0.29, 0.717) is 0 Å². The van der Waals surface area contributed by atoms with Gasteiger partial charge in [0.1, 0.15) is 0 Å². The molecule has 2 nitrogen and oxygen atoms in total. The van der Waals surface area contributed by atoms with E-state index in [1.165, 1.54) is 0 Å². The van der Waals surface area contributed by atoms with Crippen LogP contribution in [0.15, 0.2) is 5.16 Å². The van der Waals surface area contributed by atoms with Gasteiger partial charge in [-0.25, -0.2) is 0 Å². The first-order valence-corrected chi connectivity index (χ1v) is 1.18. The van der Waals surface area contributed by atoms with Crippen LogP contribution in [0.5, 0.6) is 0 Å². The fraction of sp³-hybridized carbons (Fsp3) is 0. The van der Waals surface area contributed by atoms with Gasteiger partial charge in [-0.2, -0.15) is 0 Å². The van der Waals surface area contributed by atoms with Gasteiger partial charge in [-0.3, -0.25) is 0 Å². The minimum atomic E-state index is 0.264. The highest BCUT2D eigenvalue weighted by Gasteiger charge is 2.04. The summed E-state index contributed by atoms with van der Waals surface area (Å²) < 4.78 is 0. The van der Waals surface area contributed by atoms with Gasteiger partial charge in [-0.05, 0) is 16.8 Å². The van der Waals surface area contributed by atoms with Crippen LogP contribution in [0.25, 0.3) is 0 Å². The van der Waals surface area contributed by atoms with Crippen molar-refractivity contribution < 1.29 is 4.84 Å². The number of nitrogens with zero attached hydrogens (tertiary/aromatic N) is 1. The Hall–Kier alpha value is -0.240. The first-order chi connectivity index (χ1) is 1.89. The van der Waals surface area contributed by atoms with E-state index < -0.39 is 0 Å². The van der Waals surface area contributed by atoms with Crippen molar-refractivity contribution in [3.63, 3.8) is 0 Å². The molecule has 0 saturated carbocycles. The molecule has 3 heteroatoms. The van der Waals surface area contributed by atoms with E-state index in [-0.39, 0.29) is 5.36 Å². The van der Waals surface area contributed by atoms with Crippen LogP contribution in [0.4, 0.5) is 0 Å². The summed E-state index contributed by atoms with van der Waals surface area (Å²) in [5, 5.41) is 3.35. The summed E-state index contributed by atoms with van der Waals surface area (Å²) in [6.45, 7) is 0. The molecule has 0 fully saturated rings. The van der Waals surface area contributed by atoms with Crippen molar-refractivity contribution in [2.24, 2.45) is 5.16 Å². The highest BCUT2D eigenvalue weighted by Crippen LogP contribution is 2.01. The van der Waals surface area contributed by atoms with Gasteiger partial charge in [0.15, 0.2) is 0 Å². The third-order valence-electron chi connectivity index (χ3n) is 0.160. The zero-order valence-corrected chi connectivity index (χ0v) is 2.49. The third kappa shape index (κ3) is 0.133. The molecule has 0 atom stereocenters. The zero-order chi connectivity index (χ0) is 2.99. The molecule has 1 rings (SSSR count). The van der Waals surface area contributed by atoms with E-state index >= 15 is 0 Å². The van der Waals surface area contributed by atoms with E-state index in [2.05, 4.69) is 9.99 Å². The second kappa shape index (κ2) is 0.377. The molecule has 22 valence electrons. The van der Waals surface area contributed by atoms with Crippen LogP contribution in [0, 0.1) is 0 Å². The fourth-order valence-electron chi connectivity index (χ4n) is 0.0173. The zero-order valence-electron chi connectivity index (χ0n) is 1.73. The minimum Gasteiger partial charge on any atom is -0.315 e. The van der Waals surface area contributed by atoms with Crippen LogP contribution < -0.4 is 0 Å². The van der Waals surface area contributed by atoms with Gasteiger partial charge in [-0.1, -0.05) is 0 Å². The molecule has 0 aromatic heterocycles. The van der Waals surface area contributed by atoms with Crippen LogP contribution in [0.1, 0.15) is 0 Å². The summed E-state index contributed by atoms with van der Waals surface area (Å²) in [6, 6.07) is 0. The molecule has 0 aliphatic carbocycles. The summed E-state index contributed by atoms with van der Waals surface area (Å²) in [6.07, 6.45) is 0. The summed E-state index contributed by atoms with van der Waals surface area (Å²) in [4.78, 5) is 4.02. The Labute approximate surface area is 28.0 Å². The largest absolute Gasteiger partial charge is 0.352 e. The molecular formula is CClNO. The molecule has 4 heavy (non-hydrogen) atoms. The van der Waals surface area contributed by atoms with Gasteiger partial charge in [0.2, 0.25) is 0 Å². The first kappa shape index (κ1) is 2.03. The predicted octanol–water partition coefficient (Wildman–Crippen LogP) is 0.526. The Balaban J connectivity index is 2.54. The molecule has 0 radical (unpaired) electrons. The maximum absolute atomic E-state index is 4.91. The Kier molecular flexibility index (Phi) is 0.191. The highest BCUT2D eigenvalue weighted by molar-refractivity contribution is 6.65. The van der Waals surface area contributed by atoms with Gasteiger partial charge < -0.3 is 4.84 Å². The lowest BCUT2D eigenvalue weighted by Crippen LogP contribution is -1.46. The minimum absolute atomic E-state index is 0.264. The maximum Gasteiger partial charge on any atom is 0.352 e. The summed E-state index contributed by atoms with van der Waals surface area (Å²) in [5.74, 6) is 0. The summed E-state index contributed by atoms with van der Waals surface area (Å²) in [7, 11) is 0. The quantitative estimate of drug-likeness (QED) is 0.414. The normalized spacial score (nSPS) is 17.8. The molecule has 0 saturated heterocycles. The first-order valence-electron chi connectivity index (χ1n) is 0.799. The molecule has 0 unspecified atom stereocenters. The lowest BCUT2D eigenvalue weighted by Gasteiger charge is -1.40. The topological polar surface area (TPSA) is 24.9 Å². The number of oxime groups is 1. The van der Waals surface area contributed by atoms with Gasteiger partial charge in [0.05, 0.1) is 0 Å². The van der Waals surface area contributed by atoms with Crippen LogP contribution in [0.2, 0.25) is 0 Å². The SMILES string of the molecule is ClC1=NO1. The van der Waals surface area contributed by atoms with Crippen molar-refractivity contribution in [2.75, 3.05) is 0 Å². The molecule has 0 amide bonds. The third-order valence-corrected chi connectivity index (χ3v) is 0.298. The van der Waals surface area contributed by atoms with Crippen molar-refractivity contribution in [3.05, 3.63) is 0 Å². The fourth-order valence-corrected chi connectivity index (χ4v) is 0.0518. The molecule has 0 aromatic rings. The monoisotopic (exact) mass is 77.0 g/mol. The molecule has 1 aliphatic heterocycles. The highest BCUT2D eigenvalue weighted by atomic mass is 35.5. The molecule has 0 aromatic carbocycles. The van der Waals surface area contributed by atoms with Gasteiger partial charge in [0, 0.05) is 0 Å². The molecule has 1 aliphatic rings. The van der Waals surface area contributed by atoms with E-state index in [9.17, 15) is 0 Å². The standard InChI is InChI=1S/CClNO/c2-1-3-4-1. The Morgan fingerprint density at radius 1 is 2.00 bits per heavy atom. The maximum atomic E-state index is 4.91. The van der Waals surface area contributed by atoms with Crippen LogP contribution >= 0.6 is 11.6 Å². The molecule has 0 N–H and O–H groups in total. The summed E-state index contributed by atoms with van der Waals surface area (Å²) in [5.41, 5.74) is 0. The number of hydrogen-bond acceptors (Lipinski definition) is 2. The molecular weight excluding hydrogens is 77.5 g/mol. The van der Waals surface area contributed by atoms with Gasteiger partial charge in [-0.15, -0.1) is 0 Å². The Morgan fingerprint density at radius 2 is 2.25 bits per heavy atom. The number of hydrogen-bond donors (Lipinski definition) is 0. The Bertz CT molecular complexity index is 59.1. The molecule has 0 spiro atoms. The second-order valence-electron chi connectivity index (χ2n) is 0.436. The molecule has 0 bridgehead atoms. The lowest BCUT2D eigenvalue weighted by molar-refractivity contribution is 0.474. The van der Waals surface area contributed by atoms with Gasteiger partial charge >= 0.3 is 5.36 Å². The van der Waals surface area contributed by atoms with Crippen molar-refractivity contribution in [1.29, 1.82) is 0 Å². The second-order valence-corrected chi connectivity index (χ2v) is 0.759. The molecule has 1 heterocycles. The van der Waals surface area contributed by atoms with Crippen LogP contribution in [-0.2, 0) is 4.84 Å². The average molecular weight is 77.5 g/mol. The van der Waals surface area contributed by atoms with Crippen molar-refractivity contribution in [2.45, 2.75) is 0 Å². The average Bonchev–Trinajstić information content (AvgIpc) is 1.75. The number of halogens is 1. The smallest absolute Gasteiger partial charge is 0.315 e. The van der Waals surface area contributed by atoms with E-state index in [1.54, 1.807) is 0 Å². The summed E-state index contributed by atoms with van der Waals surface area (Å²) >= 11 is 4.91. The van der Waals surface area contributed by atoms with E-state index in [4.69, 9.17) is 11.6 Å². The van der Waals surface area contributed by atoms with Crippen molar-refractivity contribution in [3.8, 4) is 0 Å². The van der Waals surface area contributed by atoms with Crippen molar-refractivity contribution >= 4 is 17.0 Å². The lowest BCUT2D eigenvalue weighted by atomic mass is 11.6. The van der Waals surface area contributed by atoms with E-state index in [1.807, 2.05) is 0 Å². The van der Waals surface area contributed by atoms with Crippen LogP contribution in [0.3, 0.4) is 0 Å². The number of rotatable bonds is 0. The predicted molar refractivity (Wildman–Crippen MR) is 14.4 cm³/mol. The Morgan fingerprint density at radius 3 is 2.25 bits per heavy atom.